The van der Waals surface area contributed by atoms with Crippen LogP contribution >= 0.6 is 0 Å². The van der Waals surface area contributed by atoms with Crippen molar-refractivity contribution in [2.75, 3.05) is 20.6 Å². The minimum atomic E-state index is -0.208. The summed E-state index contributed by atoms with van der Waals surface area (Å²) < 4.78 is 0. The van der Waals surface area contributed by atoms with Crippen molar-refractivity contribution in [1.29, 1.82) is 0 Å². The van der Waals surface area contributed by atoms with Crippen LogP contribution in [0.3, 0.4) is 0 Å². The average Bonchev–Trinajstić information content (AvgIpc) is 2.82. The van der Waals surface area contributed by atoms with Gasteiger partial charge >= 0.3 is 0 Å². The standard InChI is InChI=1S/C13H17N3O2/c1-16(2)12(17)8-15-13(18)9-3-4-10-6-14-7-11(10)5-9/h3-5,14H,6-8H2,1-2H3,(H,15,18). The first-order chi connectivity index (χ1) is 8.58. The molecule has 2 amide bonds. The fraction of sp³-hybridized carbons (Fsp3) is 0.385. The van der Waals surface area contributed by atoms with Crippen LogP contribution in [0.2, 0.25) is 0 Å². The monoisotopic (exact) mass is 247 g/mol. The van der Waals surface area contributed by atoms with Crippen molar-refractivity contribution in [2.45, 2.75) is 13.1 Å². The summed E-state index contributed by atoms with van der Waals surface area (Å²) in [5.74, 6) is -0.328. The molecule has 2 rings (SSSR count). The van der Waals surface area contributed by atoms with Gasteiger partial charge in [-0.2, -0.15) is 0 Å². The Morgan fingerprint density at radius 1 is 1.28 bits per heavy atom. The quantitative estimate of drug-likeness (QED) is 0.797. The Balaban J connectivity index is 1.99. The highest BCUT2D eigenvalue weighted by Crippen LogP contribution is 2.16. The maximum atomic E-state index is 11.9. The number of fused-ring (bicyclic) bond motifs is 1. The number of amides is 2. The van der Waals surface area contributed by atoms with E-state index < -0.39 is 0 Å². The van der Waals surface area contributed by atoms with E-state index in [4.69, 9.17) is 0 Å². The summed E-state index contributed by atoms with van der Waals surface area (Å²) >= 11 is 0. The topological polar surface area (TPSA) is 61.4 Å². The van der Waals surface area contributed by atoms with Crippen molar-refractivity contribution in [3.8, 4) is 0 Å². The lowest BCUT2D eigenvalue weighted by atomic mass is 10.1. The van der Waals surface area contributed by atoms with E-state index in [0.29, 0.717) is 5.56 Å². The molecule has 0 atom stereocenters. The first-order valence-electron chi connectivity index (χ1n) is 5.89. The second-order valence-corrected chi connectivity index (χ2v) is 4.56. The number of hydrogen-bond donors (Lipinski definition) is 2. The lowest BCUT2D eigenvalue weighted by Gasteiger charge is -2.11. The van der Waals surface area contributed by atoms with Crippen LogP contribution in [0.15, 0.2) is 18.2 Å². The number of benzene rings is 1. The first-order valence-corrected chi connectivity index (χ1v) is 5.89. The molecule has 0 fully saturated rings. The Labute approximate surface area is 106 Å². The summed E-state index contributed by atoms with van der Waals surface area (Å²) in [5, 5.41) is 5.85. The maximum Gasteiger partial charge on any atom is 0.251 e. The van der Waals surface area contributed by atoms with Crippen molar-refractivity contribution in [1.82, 2.24) is 15.5 Å². The molecule has 0 unspecified atom stereocenters. The number of hydrogen-bond acceptors (Lipinski definition) is 3. The molecular weight excluding hydrogens is 230 g/mol. The van der Waals surface area contributed by atoms with E-state index >= 15 is 0 Å². The smallest absolute Gasteiger partial charge is 0.251 e. The molecule has 0 saturated carbocycles. The normalized spacial score (nSPS) is 13.0. The van der Waals surface area contributed by atoms with E-state index in [1.54, 1.807) is 20.2 Å². The van der Waals surface area contributed by atoms with Gasteiger partial charge in [0.15, 0.2) is 0 Å². The number of carbonyl (C=O) groups excluding carboxylic acids is 2. The van der Waals surface area contributed by atoms with E-state index in [2.05, 4.69) is 10.6 Å². The summed E-state index contributed by atoms with van der Waals surface area (Å²) in [5.41, 5.74) is 2.99. The Morgan fingerprint density at radius 3 is 2.72 bits per heavy atom. The molecule has 96 valence electrons. The number of likely N-dealkylation sites (N-methyl/N-ethyl adjacent to an activating group) is 1. The highest BCUT2D eigenvalue weighted by molar-refractivity contribution is 5.96. The molecule has 1 aliphatic heterocycles. The van der Waals surface area contributed by atoms with Gasteiger partial charge < -0.3 is 15.5 Å². The van der Waals surface area contributed by atoms with Crippen molar-refractivity contribution < 1.29 is 9.59 Å². The van der Waals surface area contributed by atoms with E-state index in [1.165, 1.54) is 10.5 Å². The summed E-state index contributed by atoms with van der Waals surface area (Å²) in [7, 11) is 3.32. The van der Waals surface area contributed by atoms with Crippen molar-refractivity contribution in [3.05, 3.63) is 34.9 Å². The van der Waals surface area contributed by atoms with Gasteiger partial charge in [0.1, 0.15) is 0 Å². The third-order valence-electron chi connectivity index (χ3n) is 3.00. The SMILES string of the molecule is CN(C)C(=O)CNC(=O)c1ccc2c(c1)CNC2. The van der Waals surface area contributed by atoms with Gasteiger partial charge in [0.2, 0.25) is 5.91 Å². The van der Waals surface area contributed by atoms with Gasteiger partial charge in [-0.3, -0.25) is 9.59 Å². The third-order valence-corrected chi connectivity index (χ3v) is 3.00. The predicted octanol–water partition coefficient (Wildman–Crippen LogP) is 0.108. The van der Waals surface area contributed by atoms with Crippen LogP contribution in [0.1, 0.15) is 21.5 Å². The van der Waals surface area contributed by atoms with Crippen LogP contribution in [-0.2, 0) is 17.9 Å². The molecule has 5 heteroatoms. The Kier molecular flexibility index (Phi) is 3.62. The number of nitrogens with zero attached hydrogens (tertiary/aromatic N) is 1. The average molecular weight is 247 g/mol. The van der Waals surface area contributed by atoms with Crippen LogP contribution in [0.5, 0.6) is 0 Å². The van der Waals surface area contributed by atoms with Crippen molar-refractivity contribution >= 4 is 11.8 Å². The van der Waals surface area contributed by atoms with Crippen LogP contribution in [0.4, 0.5) is 0 Å². The molecule has 0 radical (unpaired) electrons. The third kappa shape index (κ3) is 2.68. The molecule has 1 aromatic rings. The molecule has 0 saturated heterocycles. The summed E-state index contributed by atoms with van der Waals surface area (Å²) in [6.45, 7) is 1.69. The zero-order chi connectivity index (χ0) is 13.1. The fourth-order valence-corrected chi connectivity index (χ4v) is 1.85. The highest BCUT2D eigenvalue weighted by atomic mass is 16.2. The van der Waals surface area contributed by atoms with Crippen LogP contribution in [0, 0.1) is 0 Å². The fourth-order valence-electron chi connectivity index (χ4n) is 1.85. The largest absolute Gasteiger partial charge is 0.347 e. The molecule has 18 heavy (non-hydrogen) atoms. The van der Waals surface area contributed by atoms with Gasteiger partial charge in [-0.25, -0.2) is 0 Å². The lowest BCUT2D eigenvalue weighted by molar-refractivity contribution is -0.127. The molecule has 1 heterocycles. The van der Waals surface area contributed by atoms with E-state index in [1.807, 2.05) is 12.1 Å². The van der Waals surface area contributed by atoms with Gasteiger partial charge in [0, 0.05) is 32.7 Å². The molecule has 0 bridgehead atoms. The van der Waals surface area contributed by atoms with Crippen molar-refractivity contribution in [2.24, 2.45) is 0 Å². The summed E-state index contributed by atoms with van der Waals surface area (Å²) in [6.07, 6.45) is 0. The minimum Gasteiger partial charge on any atom is -0.347 e. The molecule has 0 aliphatic carbocycles. The number of carbonyl (C=O) groups is 2. The van der Waals surface area contributed by atoms with Gasteiger partial charge in [0.25, 0.3) is 5.91 Å². The molecule has 0 spiro atoms. The molecule has 0 aromatic heterocycles. The number of rotatable bonds is 3. The van der Waals surface area contributed by atoms with Crippen molar-refractivity contribution in [3.63, 3.8) is 0 Å². The Bertz CT molecular complexity index is 483. The van der Waals surface area contributed by atoms with Crippen LogP contribution in [-0.4, -0.2) is 37.4 Å². The van der Waals surface area contributed by atoms with Crippen LogP contribution < -0.4 is 10.6 Å². The summed E-state index contributed by atoms with van der Waals surface area (Å²) in [6, 6.07) is 5.63. The molecular formula is C13H17N3O2. The molecule has 1 aliphatic rings. The lowest BCUT2D eigenvalue weighted by Crippen LogP contribution is -2.36. The predicted molar refractivity (Wildman–Crippen MR) is 68.0 cm³/mol. The van der Waals surface area contributed by atoms with Gasteiger partial charge in [-0.15, -0.1) is 0 Å². The Hall–Kier alpha value is -1.88. The second kappa shape index (κ2) is 5.18. The van der Waals surface area contributed by atoms with E-state index in [-0.39, 0.29) is 18.4 Å². The zero-order valence-electron chi connectivity index (χ0n) is 10.6. The Morgan fingerprint density at radius 2 is 2.00 bits per heavy atom. The molecule has 5 nitrogen and oxygen atoms in total. The summed E-state index contributed by atoms with van der Waals surface area (Å²) in [4.78, 5) is 24.7. The van der Waals surface area contributed by atoms with E-state index in [0.717, 1.165) is 18.7 Å². The minimum absolute atomic E-state index is 0.0289. The zero-order valence-corrected chi connectivity index (χ0v) is 10.6. The van der Waals surface area contributed by atoms with Gasteiger partial charge in [-0.05, 0) is 23.3 Å². The molecule has 1 aromatic carbocycles. The first kappa shape index (κ1) is 12.6. The van der Waals surface area contributed by atoms with Crippen LogP contribution in [0.25, 0.3) is 0 Å². The van der Waals surface area contributed by atoms with Gasteiger partial charge in [0.05, 0.1) is 6.54 Å². The molecule has 2 N–H and O–H groups in total. The van der Waals surface area contributed by atoms with E-state index in [9.17, 15) is 9.59 Å². The second-order valence-electron chi connectivity index (χ2n) is 4.56. The van der Waals surface area contributed by atoms with Gasteiger partial charge in [-0.1, -0.05) is 6.07 Å². The maximum absolute atomic E-state index is 11.9. The number of nitrogens with one attached hydrogen (secondary N) is 2. The highest BCUT2D eigenvalue weighted by Gasteiger charge is 2.14.